The molecule has 1 aliphatic rings. The second kappa shape index (κ2) is 6.32. The Balaban J connectivity index is 1.94. The zero-order valence-corrected chi connectivity index (χ0v) is 14.3. The van der Waals surface area contributed by atoms with Gasteiger partial charge in [0.1, 0.15) is 10.6 Å². The number of piperazine rings is 1. The van der Waals surface area contributed by atoms with Gasteiger partial charge in [-0.05, 0) is 34.6 Å². The van der Waals surface area contributed by atoms with Crippen LogP contribution in [-0.2, 0) is 4.74 Å². The van der Waals surface area contributed by atoms with E-state index >= 15 is 0 Å². The first-order chi connectivity index (χ1) is 9.78. The normalized spacial score (nSPS) is 22.1. The van der Waals surface area contributed by atoms with Crippen molar-refractivity contribution in [3.05, 3.63) is 16.6 Å². The van der Waals surface area contributed by atoms with Gasteiger partial charge in [-0.1, -0.05) is 0 Å². The quantitative estimate of drug-likeness (QED) is 0.842. The molecule has 1 aromatic rings. The van der Waals surface area contributed by atoms with E-state index in [9.17, 15) is 4.79 Å². The Bertz CT molecular complexity index is 470. The summed E-state index contributed by atoms with van der Waals surface area (Å²) in [5.41, 5.74) is -0.439. The van der Waals surface area contributed by atoms with E-state index < -0.39 is 5.60 Å². The standard InChI is InChI=1S/C15H25N3O2S/c1-11-10-17(14(19)20-15(3,4)5)7-8-18(11)12(2)13-16-6-9-21-13/h6,9,11-12H,7-8,10H2,1-5H3/t11-,12+/m0/s1. The Hall–Kier alpha value is -1.14. The number of carbonyl (C=O) groups excluding carboxylic acids is 1. The smallest absolute Gasteiger partial charge is 0.410 e. The molecule has 0 radical (unpaired) electrons. The molecule has 0 bridgehead atoms. The number of hydrogen-bond acceptors (Lipinski definition) is 5. The molecule has 2 heterocycles. The summed E-state index contributed by atoms with van der Waals surface area (Å²) >= 11 is 1.68. The first-order valence-corrected chi connectivity index (χ1v) is 8.29. The number of rotatable bonds is 2. The van der Waals surface area contributed by atoms with Gasteiger partial charge in [-0.25, -0.2) is 9.78 Å². The SMILES string of the molecule is C[C@H](c1nccs1)N1CCN(C(=O)OC(C)(C)C)C[C@@H]1C. The molecule has 1 amide bonds. The molecule has 6 heteroatoms. The maximum absolute atomic E-state index is 12.1. The fourth-order valence-corrected chi connectivity index (χ4v) is 3.34. The third kappa shape index (κ3) is 4.17. The molecule has 1 fully saturated rings. The Kier molecular flexibility index (Phi) is 4.88. The maximum Gasteiger partial charge on any atom is 0.410 e. The molecule has 0 unspecified atom stereocenters. The first-order valence-electron chi connectivity index (χ1n) is 7.41. The van der Waals surface area contributed by atoms with E-state index in [0.717, 1.165) is 11.6 Å². The molecule has 1 saturated heterocycles. The lowest BCUT2D eigenvalue weighted by atomic mass is 10.1. The van der Waals surface area contributed by atoms with Crippen molar-refractivity contribution >= 4 is 17.4 Å². The number of carbonyl (C=O) groups is 1. The fourth-order valence-electron chi connectivity index (χ4n) is 2.62. The summed E-state index contributed by atoms with van der Waals surface area (Å²) in [5.74, 6) is 0. The van der Waals surface area contributed by atoms with Gasteiger partial charge in [-0.2, -0.15) is 0 Å². The van der Waals surface area contributed by atoms with Gasteiger partial charge in [0.05, 0.1) is 6.04 Å². The Morgan fingerprint density at radius 3 is 2.71 bits per heavy atom. The number of amides is 1. The lowest BCUT2D eigenvalue weighted by molar-refractivity contribution is -0.000724. The Morgan fingerprint density at radius 1 is 1.48 bits per heavy atom. The molecule has 0 saturated carbocycles. The molecular weight excluding hydrogens is 286 g/mol. The van der Waals surface area contributed by atoms with Crippen molar-refractivity contribution in [1.82, 2.24) is 14.8 Å². The highest BCUT2D eigenvalue weighted by Gasteiger charge is 2.32. The lowest BCUT2D eigenvalue weighted by Gasteiger charge is -2.42. The molecule has 0 N–H and O–H groups in total. The van der Waals surface area contributed by atoms with Crippen molar-refractivity contribution in [2.45, 2.75) is 52.3 Å². The van der Waals surface area contributed by atoms with Crippen molar-refractivity contribution in [3.8, 4) is 0 Å². The van der Waals surface area contributed by atoms with Crippen LogP contribution in [0.25, 0.3) is 0 Å². The maximum atomic E-state index is 12.1. The summed E-state index contributed by atoms with van der Waals surface area (Å²) in [6.45, 7) is 12.3. The van der Waals surface area contributed by atoms with Crippen LogP contribution in [-0.4, -0.2) is 52.2 Å². The van der Waals surface area contributed by atoms with E-state index in [2.05, 4.69) is 23.7 Å². The minimum absolute atomic E-state index is 0.212. The summed E-state index contributed by atoms with van der Waals surface area (Å²) in [4.78, 5) is 20.7. The van der Waals surface area contributed by atoms with Crippen molar-refractivity contribution in [3.63, 3.8) is 0 Å². The van der Waals surface area contributed by atoms with E-state index in [1.165, 1.54) is 0 Å². The van der Waals surface area contributed by atoms with Crippen LogP contribution in [0, 0.1) is 0 Å². The average Bonchev–Trinajstić information content (AvgIpc) is 2.89. The summed E-state index contributed by atoms with van der Waals surface area (Å²) in [5, 5.41) is 3.14. The summed E-state index contributed by atoms with van der Waals surface area (Å²) < 4.78 is 5.45. The first kappa shape index (κ1) is 16.2. The Labute approximate surface area is 130 Å². The second-order valence-electron chi connectivity index (χ2n) is 6.56. The number of ether oxygens (including phenoxy) is 1. The zero-order valence-electron chi connectivity index (χ0n) is 13.5. The topological polar surface area (TPSA) is 45.7 Å². The van der Waals surface area contributed by atoms with Crippen LogP contribution < -0.4 is 0 Å². The third-order valence-electron chi connectivity index (χ3n) is 3.64. The number of thiazole rings is 1. The van der Waals surface area contributed by atoms with Crippen LogP contribution >= 0.6 is 11.3 Å². The van der Waals surface area contributed by atoms with E-state index in [1.807, 2.05) is 32.3 Å². The van der Waals surface area contributed by atoms with Crippen LogP contribution in [0.4, 0.5) is 4.79 Å². The molecular formula is C15H25N3O2S. The molecule has 1 aliphatic heterocycles. The summed E-state index contributed by atoms with van der Waals surface area (Å²) in [6.07, 6.45) is 1.63. The molecule has 21 heavy (non-hydrogen) atoms. The molecule has 118 valence electrons. The van der Waals surface area contributed by atoms with Gasteiger partial charge in [0, 0.05) is 37.3 Å². The minimum atomic E-state index is -0.439. The highest BCUT2D eigenvalue weighted by Crippen LogP contribution is 2.26. The molecule has 2 rings (SSSR count). The minimum Gasteiger partial charge on any atom is -0.444 e. The predicted molar refractivity (Wildman–Crippen MR) is 84.5 cm³/mol. The summed E-state index contributed by atoms with van der Waals surface area (Å²) in [7, 11) is 0. The average molecular weight is 311 g/mol. The van der Waals surface area contributed by atoms with Gasteiger partial charge in [0.25, 0.3) is 0 Å². The molecule has 0 spiro atoms. The van der Waals surface area contributed by atoms with E-state index in [0.29, 0.717) is 25.2 Å². The van der Waals surface area contributed by atoms with Gasteiger partial charge in [-0.15, -0.1) is 11.3 Å². The molecule has 5 nitrogen and oxygen atoms in total. The summed E-state index contributed by atoms with van der Waals surface area (Å²) in [6, 6.07) is 0.589. The van der Waals surface area contributed by atoms with Crippen LogP contribution in [0.5, 0.6) is 0 Å². The van der Waals surface area contributed by atoms with Crippen LogP contribution in [0.1, 0.15) is 45.7 Å². The van der Waals surface area contributed by atoms with Gasteiger partial charge >= 0.3 is 6.09 Å². The molecule has 2 atom stereocenters. The molecule has 0 aliphatic carbocycles. The van der Waals surface area contributed by atoms with Crippen LogP contribution in [0.2, 0.25) is 0 Å². The van der Waals surface area contributed by atoms with Crippen molar-refractivity contribution in [1.29, 1.82) is 0 Å². The highest BCUT2D eigenvalue weighted by molar-refractivity contribution is 7.09. The van der Waals surface area contributed by atoms with Crippen molar-refractivity contribution in [2.24, 2.45) is 0 Å². The Morgan fingerprint density at radius 2 is 2.19 bits per heavy atom. The monoisotopic (exact) mass is 311 g/mol. The highest BCUT2D eigenvalue weighted by atomic mass is 32.1. The van der Waals surface area contributed by atoms with E-state index in [-0.39, 0.29) is 6.09 Å². The number of hydrogen-bond donors (Lipinski definition) is 0. The predicted octanol–water partition coefficient (Wildman–Crippen LogP) is 3.15. The van der Waals surface area contributed by atoms with Crippen molar-refractivity contribution < 1.29 is 9.53 Å². The molecule has 1 aromatic heterocycles. The van der Waals surface area contributed by atoms with Gasteiger partial charge in [0.15, 0.2) is 0 Å². The van der Waals surface area contributed by atoms with Crippen LogP contribution in [0.3, 0.4) is 0 Å². The number of nitrogens with zero attached hydrogens (tertiary/aromatic N) is 3. The van der Waals surface area contributed by atoms with E-state index in [1.54, 1.807) is 16.2 Å². The van der Waals surface area contributed by atoms with Crippen LogP contribution in [0.15, 0.2) is 11.6 Å². The fraction of sp³-hybridized carbons (Fsp3) is 0.733. The largest absolute Gasteiger partial charge is 0.444 e. The third-order valence-corrected chi connectivity index (χ3v) is 4.58. The number of aromatic nitrogens is 1. The molecule has 0 aromatic carbocycles. The second-order valence-corrected chi connectivity index (χ2v) is 7.49. The van der Waals surface area contributed by atoms with Gasteiger partial charge in [0.2, 0.25) is 0 Å². The van der Waals surface area contributed by atoms with Crippen molar-refractivity contribution in [2.75, 3.05) is 19.6 Å². The zero-order chi connectivity index (χ0) is 15.6. The van der Waals surface area contributed by atoms with Gasteiger partial charge < -0.3 is 9.64 Å². The van der Waals surface area contributed by atoms with Gasteiger partial charge in [-0.3, -0.25) is 4.90 Å². The lowest BCUT2D eigenvalue weighted by Crippen LogP contribution is -2.54. The van der Waals surface area contributed by atoms with E-state index in [4.69, 9.17) is 4.74 Å².